The molecular formula is C8H8N2O2. The third-order valence-corrected chi connectivity index (χ3v) is 1.43. The number of hydrogen-bond donors (Lipinski definition) is 2. The highest BCUT2D eigenvalue weighted by atomic mass is 16.1. The first-order valence-electron chi connectivity index (χ1n) is 3.31. The molecule has 0 fully saturated rings. The zero-order valence-corrected chi connectivity index (χ0v) is 6.28. The van der Waals surface area contributed by atoms with E-state index in [0.29, 0.717) is 0 Å². The van der Waals surface area contributed by atoms with Gasteiger partial charge in [-0.15, -0.1) is 0 Å². The van der Waals surface area contributed by atoms with Gasteiger partial charge in [0.05, 0.1) is 0 Å². The summed E-state index contributed by atoms with van der Waals surface area (Å²) < 4.78 is 0. The van der Waals surface area contributed by atoms with Gasteiger partial charge in [0.15, 0.2) is 0 Å². The van der Waals surface area contributed by atoms with Gasteiger partial charge in [-0.3, -0.25) is 9.59 Å². The summed E-state index contributed by atoms with van der Waals surface area (Å²) in [6.45, 7) is 0. The van der Waals surface area contributed by atoms with Crippen LogP contribution in [0.3, 0.4) is 0 Å². The van der Waals surface area contributed by atoms with Crippen molar-refractivity contribution < 1.29 is 9.59 Å². The molecular weight excluding hydrogens is 156 g/mol. The number of benzene rings is 1. The summed E-state index contributed by atoms with van der Waals surface area (Å²) in [4.78, 5) is 21.3. The largest absolute Gasteiger partial charge is 0.366 e. The topological polar surface area (TPSA) is 86.2 Å². The standard InChI is InChI=1S/C8H8N2O2/c9-7(11)5-2-1-3-6(4-5)8(10)12/h1-4H,(H2,9,11)(H2,10,12). The van der Waals surface area contributed by atoms with Crippen molar-refractivity contribution in [3.05, 3.63) is 35.4 Å². The van der Waals surface area contributed by atoms with E-state index in [9.17, 15) is 9.59 Å². The summed E-state index contributed by atoms with van der Waals surface area (Å²) in [6, 6.07) is 5.97. The molecule has 0 saturated carbocycles. The molecule has 1 aromatic rings. The number of amides is 2. The van der Waals surface area contributed by atoms with Gasteiger partial charge < -0.3 is 11.5 Å². The SMILES string of the molecule is NC(=O)c1cccc(C(N)=O)c1. The molecule has 0 saturated heterocycles. The van der Waals surface area contributed by atoms with Gasteiger partial charge in [-0.05, 0) is 18.2 Å². The Hall–Kier alpha value is -1.84. The predicted molar refractivity (Wildman–Crippen MR) is 43.5 cm³/mol. The second kappa shape index (κ2) is 3.04. The lowest BCUT2D eigenvalue weighted by Crippen LogP contribution is -2.14. The first kappa shape index (κ1) is 8.26. The van der Waals surface area contributed by atoms with Crippen molar-refractivity contribution in [1.82, 2.24) is 0 Å². The highest BCUT2D eigenvalue weighted by molar-refractivity contribution is 5.98. The second-order valence-corrected chi connectivity index (χ2v) is 2.31. The molecule has 4 nitrogen and oxygen atoms in total. The number of carbonyl (C=O) groups is 2. The van der Waals surface area contributed by atoms with E-state index in [1.54, 1.807) is 6.07 Å². The quantitative estimate of drug-likeness (QED) is 0.638. The van der Waals surface area contributed by atoms with Crippen LogP contribution in [-0.4, -0.2) is 11.8 Å². The van der Waals surface area contributed by atoms with E-state index in [0.717, 1.165) is 0 Å². The third-order valence-electron chi connectivity index (χ3n) is 1.43. The molecule has 0 atom stereocenters. The maximum atomic E-state index is 10.6. The number of hydrogen-bond acceptors (Lipinski definition) is 2. The van der Waals surface area contributed by atoms with Gasteiger partial charge in [0.25, 0.3) is 0 Å². The van der Waals surface area contributed by atoms with Crippen LogP contribution in [0.25, 0.3) is 0 Å². The Morgan fingerprint density at radius 3 is 1.75 bits per heavy atom. The Balaban J connectivity index is 3.12. The van der Waals surface area contributed by atoms with Crippen LogP contribution >= 0.6 is 0 Å². The van der Waals surface area contributed by atoms with E-state index in [1.807, 2.05) is 0 Å². The Morgan fingerprint density at radius 2 is 1.42 bits per heavy atom. The van der Waals surface area contributed by atoms with Gasteiger partial charge in [-0.2, -0.15) is 0 Å². The van der Waals surface area contributed by atoms with E-state index >= 15 is 0 Å². The zero-order chi connectivity index (χ0) is 9.14. The van der Waals surface area contributed by atoms with Crippen LogP contribution in [0.15, 0.2) is 24.3 Å². The Kier molecular flexibility index (Phi) is 2.09. The molecule has 0 aliphatic rings. The van der Waals surface area contributed by atoms with Gasteiger partial charge in [-0.25, -0.2) is 0 Å². The van der Waals surface area contributed by atoms with E-state index in [4.69, 9.17) is 11.5 Å². The van der Waals surface area contributed by atoms with Crippen LogP contribution in [0.1, 0.15) is 20.7 Å². The Labute approximate surface area is 69.2 Å². The molecule has 0 unspecified atom stereocenters. The van der Waals surface area contributed by atoms with Crippen LogP contribution in [0, 0.1) is 0 Å². The smallest absolute Gasteiger partial charge is 0.248 e. The average Bonchev–Trinajstić information content (AvgIpc) is 2.04. The summed E-state index contributed by atoms with van der Waals surface area (Å²) in [5, 5.41) is 0. The van der Waals surface area contributed by atoms with Crippen LogP contribution in [0.2, 0.25) is 0 Å². The minimum absolute atomic E-state index is 0.284. The Bertz CT molecular complexity index is 304. The molecule has 0 aliphatic carbocycles. The summed E-state index contributed by atoms with van der Waals surface area (Å²) in [6.07, 6.45) is 0. The van der Waals surface area contributed by atoms with Crippen LogP contribution in [-0.2, 0) is 0 Å². The molecule has 0 heterocycles. The van der Waals surface area contributed by atoms with E-state index < -0.39 is 11.8 Å². The molecule has 0 bridgehead atoms. The first-order chi connectivity index (χ1) is 5.61. The maximum Gasteiger partial charge on any atom is 0.248 e. The highest BCUT2D eigenvalue weighted by Crippen LogP contribution is 2.03. The number of rotatable bonds is 2. The van der Waals surface area contributed by atoms with E-state index in [1.165, 1.54) is 18.2 Å². The summed E-state index contributed by atoms with van der Waals surface area (Å²) in [7, 11) is 0. The van der Waals surface area contributed by atoms with Gasteiger partial charge in [0.2, 0.25) is 11.8 Å². The van der Waals surface area contributed by atoms with Crippen molar-refractivity contribution in [3.63, 3.8) is 0 Å². The fourth-order valence-corrected chi connectivity index (χ4v) is 0.826. The molecule has 0 aliphatic heterocycles. The van der Waals surface area contributed by atoms with Crippen molar-refractivity contribution in [2.75, 3.05) is 0 Å². The maximum absolute atomic E-state index is 10.6. The highest BCUT2D eigenvalue weighted by Gasteiger charge is 2.03. The van der Waals surface area contributed by atoms with Crippen LogP contribution in [0.5, 0.6) is 0 Å². The predicted octanol–water partition coefficient (Wildman–Crippen LogP) is -0.116. The first-order valence-corrected chi connectivity index (χ1v) is 3.31. The average molecular weight is 164 g/mol. The summed E-state index contributed by atoms with van der Waals surface area (Å²) in [5.41, 5.74) is 10.6. The molecule has 0 spiro atoms. The van der Waals surface area contributed by atoms with Crippen molar-refractivity contribution in [1.29, 1.82) is 0 Å². The van der Waals surface area contributed by atoms with Crippen LogP contribution < -0.4 is 11.5 Å². The lowest BCUT2D eigenvalue weighted by atomic mass is 10.1. The second-order valence-electron chi connectivity index (χ2n) is 2.31. The van der Waals surface area contributed by atoms with Crippen molar-refractivity contribution in [2.24, 2.45) is 11.5 Å². The Morgan fingerprint density at radius 1 is 1.00 bits per heavy atom. The molecule has 2 amide bonds. The molecule has 1 rings (SSSR count). The zero-order valence-electron chi connectivity index (χ0n) is 6.28. The molecule has 4 N–H and O–H groups in total. The lowest BCUT2D eigenvalue weighted by molar-refractivity contribution is 0.0999. The van der Waals surface area contributed by atoms with Gasteiger partial charge in [0, 0.05) is 11.1 Å². The summed E-state index contributed by atoms with van der Waals surface area (Å²) >= 11 is 0. The number of nitrogens with two attached hydrogens (primary N) is 2. The summed E-state index contributed by atoms with van der Waals surface area (Å²) in [5.74, 6) is -1.14. The van der Waals surface area contributed by atoms with Crippen molar-refractivity contribution >= 4 is 11.8 Å². The minimum Gasteiger partial charge on any atom is -0.366 e. The van der Waals surface area contributed by atoms with Crippen molar-refractivity contribution in [3.8, 4) is 0 Å². The van der Waals surface area contributed by atoms with Crippen molar-refractivity contribution in [2.45, 2.75) is 0 Å². The van der Waals surface area contributed by atoms with Gasteiger partial charge in [0.1, 0.15) is 0 Å². The van der Waals surface area contributed by atoms with E-state index in [-0.39, 0.29) is 11.1 Å². The van der Waals surface area contributed by atoms with E-state index in [2.05, 4.69) is 0 Å². The molecule has 0 aromatic heterocycles. The molecule has 12 heavy (non-hydrogen) atoms. The lowest BCUT2D eigenvalue weighted by Gasteiger charge is -1.97. The number of carbonyl (C=O) groups excluding carboxylic acids is 2. The normalized spacial score (nSPS) is 9.33. The fourth-order valence-electron chi connectivity index (χ4n) is 0.826. The molecule has 0 radical (unpaired) electrons. The van der Waals surface area contributed by atoms with Gasteiger partial charge >= 0.3 is 0 Å². The third kappa shape index (κ3) is 1.60. The minimum atomic E-state index is -0.571. The molecule has 1 aromatic carbocycles. The number of primary amides is 2. The van der Waals surface area contributed by atoms with Crippen LogP contribution in [0.4, 0.5) is 0 Å². The molecule has 62 valence electrons. The molecule has 4 heteroatoms. The monoisotopic (exact) mass is 164 g/mol. The fraction of sp³-hybridized carbons (Fsp3) is 0. The van der Waals surface area contributed by atoms with Gasteiger partial charge in [-0.1, -0.05) is 6.07 Å².